The number of hydrogen-bond acceptors (Lipinski definition) is 5. The Labute approximate surface area is 150 Å². The number of H-pyrrole nitrogens is 1. The molecule has 0 amide bonds. The highest BCUT2D eigenvalue weighted by Gasteiger charge is 2.23. The normalized spacial score (nSPS) is 18.8. The zero-order valence-electron chi connectivity index (χ0n) is 14.4. The summed E-state index contributed by atoms with van der Waals surface area (Å²) in [7, 11) is 1.82. The SMILES string of the molecule is Cn1ncc2c(=O)[nH]c(CN3CCCCC3CCc3cccs3)nc21. The molecule has 3 aromatic heterocycles. The number of aromatic nitrogens is 4. The van der Waals surface area contributed by atoms with Gasteiger partial charge in [0.25, 0.3) is 5.56 Å². The Bertz CT molecular complexity index is 898. The number of aromatic amines is 1. The number of piperidine rings is 1. The van der Waals surface area contributed by atoms with Gasteiger partial charge in [0, 0.05) is 18.0 Å². The van der Waals surface area contributed by atoms with Crippen LogP contribution >= 0.6 is 11.3 Å². The van der Waals surface area contributed by atoms with E-state index in [0.717, 1.165) is 18.8 Å². The third-order valence-electron chi connectivity index (χ3n) is 5.06. The first kappa shape index (κ1) is 16.5. The van der Waals surface area contributed by atoms with Crippen LogP contribution in [-0.2, 0) is 20.0 Å². The molecule has 0 aromatic carbocycles. The topological polar surface area (TPSA) is 66.8 Å². The molecule has 1 aliphatic heterocycles. The molecule has 1 fully saturated rings. The van der Waals surface area contributed by atoms with Crippen LogP contribution in [0.3, 0.4) is 0 Å². The van der Waals surface area contributed by atoms with E-state index in [1.807, 2.05) is 18.4 Å². The van der Waals surface area contributed by atoms with Crippen LogP contribution in [0.5, 0.6) is 0 Å². The summed E-state index contributed by atoms with van der Waals surface area (Å²) in [6, 6.07) is 4.90. The maximum Gasteiger partial charge on any atom is 0.262 e. The van der Waals surface area contributed by atoms with E-state index < -0.39 is 0 Å². The summed E-state index contributed by atoms with van der Waals surface area (Å²) in [6.45, 7) is 1.77. The van der Waals surface area contributed by atoms with Gasteiger partial charge in [-0.25, -0.2) is 4.98 Å². The first-order valence-corrected chi connectivity index (χ1v) is 9.76. The third-order valence-corrected chi connectivity index (χ3v) is 5.99. The highest BCUT2D eigenvalue weighted by molar-refractivity contribution is 7.09. The fraction of sp³-hybridized carbons (Fsp3) is 0.500. The first-order valence-electron chi connectivity index (χ1n) is 8.88. The molecule has 0 bridgehead atoms. The predicted molar refractivity (Wildman–Crippen MR) is 99.8 cm³/mol. The molecule has 132 valence electrons. The zero-order valence-corrected chi connectivity index (χ0v) is 15.3. The van der Waals surface area contributed by atoms with Crippen LogP contribution in [0.2, 0.25) is 0 Å². The lowest BCUT2D eigenvalue weighted by molar-refractivity contribution is 0.129. The summed E-state index contributed by atoms with van der Waals surface area (Å²) in [5.41, 5.74) is 0.561. The number of hydrogen-bond donors (Lipinski definition) is 1. The Morgan fingerprint density at radius 2 is 2.32 bits per heavy atom. The van der Waals surface area contributed by atoms with E-state index in [4.69, 9.17) is 0 Å². The van der Waals surface area contributed by atoms with Gasteiger partial charge in [0.2, 0.25) is 0 Å². The van der Waals surface area contributed by atoms with E-state index >= 15 is 0 Å². The van der Waals surface area contributed by atoms with Crippen molar-refractivity contribution in [3.63, 3.8) is 0 Å². The second-order valence-electron chi connectivity index (χ2n) is 6.76. The van der Waals surface area contributed by atoms with E-state index in [9.17, 15) is 4.79 Å². The molecule has 1 unspecified atom stereocenters. The van der Waals surface area contributed by atoms with Crippen LogP contribution in [0.15, 0.2) is 28.5 Å². The number of fused-ring (bicyclic) bond motifs is 1. The molecule has 1 saturated heterocycles. The van der Waals surface area contributed by atoms with Crippen molar-refractivity contribution >= 4 is 22.4 Å². The Kier molecular flexibility index (Phi) is 4.67. The zero-order chi connectivity index (χ0) is 17.2. The Balaban J connectivity index is 1.51. The Hall–Kier alpha value is -1.99. The van der Waals surface area contributed by atoms with Gasteiger partial charge in [-0.2, -0.15) is 5.10 Å². The molecule has 1 atom stereocenters. The van der Waals surface area contributed by atoms with Gasteiger partial charge in [-0.1, -0.05) is 12.5 Å². The number of likely N-dealkylation sites (tertiary alicyclic amines) is 1. The lowest BCUT2D eigenvalue weighted by atomic mass is 9.97. The van der Waals surface area contributed by atoms with Crippen molar-refractivity contribution in [2.24, 2.45) is 7.05 Å². The highest BCUT2D eigenvalue weighted by Crippen LogP contribution is 2.24. The van der Waals surface area contributed by atoms with Crippen LogP contribution in [0.1, 0.15) is 36.4 Å². The Morgan fingerprint density at radius 3 is 3.16 bits per heavy atom. The van der Waals surface area contributed by atoms with Gasteiger partial charge in [-0.3, -0.25) is 14.4 Å². The van der Waals surface area contributed by atoms with E-state index in [0.29, 0.717) is 23.6 Å². The molecule has 0 saturated carbocycles. The van der Waals surface area contributed by atoms with Gasteiger partial charge >= 0.3 is 0 Å². The molecule has 25 heavy (non-hydrogen) atoms. The van der Waals surface area contributed by atoms with Gasteiger partial charge in [-0.15, -0.1) is 11.3 Å². The molecular weight excluding hydrogens is 334 g/mol. The van der Waals surface area contributed by atoms with Crippen molar-refractivity contribution < 1.29 is 0 Å². The van der Waals surface area contributed by atoms with E-state index in [1.165, 1.54) is 30.6 Å². The van der Waals surface area contributed by atoms with Crippen LogP contribution in [0.4, 0.5) is 0 Å². The van der Waals surface area contributed by atoms with Crippen LogP contribution in [0.25, 0.3) is 11.0 Å². The maximum absolute atomic E-state index is 12.3. The monoisotopic (exact) mass is 357 g/mol. The molecule has 7 heteroatoms. The molecular formula is C18H23N5OS. The van der Waals surface area contributed by atoms with Gasteiger partial charge in [0.1, 0.15) is 11.2 Å². The van der Waals surface area contributed by atoms with Gasteiger partial charge < -0.3 is 4.98 Å². The molecule has 3 aromatic rings. The number of thiophene rings is 1. The van der Waals surface area contributed by atoms with E-state index in [1.54, 1.807) is 10.9 Å². The third kappa shape index (κ3) is 3.52. The summed E-state index contributed by atoms with van der Waals surface area (Å²) in [4.78, 5) is 23.8. The average Bonchev–Trinajstić information content (AvgIpc) is 3.25. The minimum absolute atomic E-state index is 0.0970. The summed E-state index contributed by atoms with van der Waals surface area (Å²) in [6.07, 6.45) is 7.60. The largest absolute Gasteiger partial charge is 0.309 e. The lowest BCUT2D eigenvalue weighted by Crippen LogP contribution is -2.40. The van der Waals surface area contributed by atoms with Gasteiger partial charge in [0.05, 0.1) is 12.7 Å². The van der Waals surface area contributed by atoms with Crippen molar-refractivity contribution in [3.8, 4) is 0 Å². The summed E-state index contributed by atoms with van der Waals surface area (Å²) >= 11 is 1.83. The van der Waals surface area contributed by atoms with Crippen LogP contribution in [0, 0.1) is 0 Å². The average molecular weight is 357 g/mol. The van der Waals surface area contributed by atoms with Crippen molar-refractivity contribution in [3.05, 3.63) is 44.8 Å². The summed E-state index contributed by atoms with van der Waals surface area (Å²) in [5, 5.41) is 6.84. The fourth-order valence-electron chi connectivity index (χ4n) is 3.70. The number of nitrogens with one attached hydrogen (secondary N) is 1. The van der Waals surface area contributed by atoms with Crippen LogP contribution < -0.4 is 5.56 Å². The minimum atomic E-state index is -0.0970. The quantitative estimate of drug-likeness (QED) is 0.762. The van der Waals surface area contributed by atoms with E-state index in [2.05, 4.69) is 37.5 Å². The first-order chi connectivity index (χ1) is 12.2. The number of aryl methyl sites for hydroxylation is 2. The molecule has 4 rings (SSSR count). The second-order valence-corrected chi connectivity index (χ2v) is 7.79. The fourth-order valence-corrected chi connectivity index (χ4v) is 4.43. The molecule has 0 aliphatic carbocycles. The predicted octanol–water partition coefficient (Wildman–Crippen LogP) is 2.71. The number of nitrogens with zero attached hydrogens (tertiary/aromatic N) is 4. The minimum Gasteiger partial charge on any atom is -0.309 e. The van der Waals surface area contributed by atoms with Crippen molar-refractivity contribution in [2.75, 3.05) is 6.54 Å². The Morgan fingerprint density at radius 1 is 1.40 bits per heavy atom. The van der Waals surface area contributed by atoms with Crippen molar-refractivity contribution in [2.45, 2.75) is 44.7 Å². The molecule has 1 N–H and O–H groups in total. The van der Waals surface area contributed by atoms with Gasteiger partial charge in [0.15, 0.2) is 5.65 Å². The van der Waals surface area contributed by atoms with Crippen LogP contribution in [-0.4, -0.2) is 37.2 Å². The maximum atomic E-state index is 12.3. The highest BCUT2D eigenvalue weighted by atomic mass is 32.1. The smallest absolute Gasteiger partial charge is 0.262 e. The molecule has 1 aliphatic rings. The molecule has 6 nitrogen and oxygen atoms in total. The van der Waals surface area contributed by atoms with Crippen molar-refractivity contribution in [1.82, 2.24) is 24.6 Å². The van der Waals surface area contributed by atoms with Gasteiger partial charge in [-0.05, 0) is 43.7 Å². The summed E-state index contributed by atoms with van der Waals surface area (Å²) < 4.78 is 1.67. The van der Waals surface area contributed by atoms with Crippen molar-refractivity contribution in [1.29, 1.82) is 0 Å². The summed E-state index contributed by atoms with van der Waals surface area (Å²) in [5.74, 6) is 0.740. The van der Waals surface area contributed by atoms with E-state index in [-0.39, 0.29) is 5.56 Å². The lowest BCUT2D eigenvalue weighted by Gasteiger charge is -2.35. The molecule has 0 radical (unpaired) electrons. The molecule has 4 heterocycles. The molecule has 0 spiro atoms. The second kappa shape index (κ2) is 7.09. The standard InChI is InChI=1S/C18H23N5OS/c1-22-17-15(11-19-22)18(24)21-16(20-17)12-23-9-3-2-5-13(23)7-8-14-6-4-10-25-14/h4,6,10-11,13H,2-3,5,7-9,12H2,1H3,(H,20,21,24). The number of rotatable bonds is 5.